The molecule has 0 aliphatic rings. The molecule has 2 N–H and O–H groups in total. The van der Waals surface area contributed by atoms with Crippen LogP contribution in [0.5, 0.6) is 5.75 Å². The molecule has 1 aromatic rings. The maximum atomic E-state index is 11.5. The fraction of sp³-hybridized carbons (Fsp3) is 0.700. The van der Waals surface area contributed by atoms with Crippen molar-refractivity contribution in [3.8, 4) is 5.75 Å². The highest BCUT2D eigenvalue weighted by atomic mass is 31.2. The minimum Gasteiger partial charge on any atom is -0.494 e. The molecule has 1 unspecified atom stereocenters. The van der Waals surface area contributed by atoms with Gasteiger partial charge in [-0.3, -0.25) is 4.57 Å². The molecule has 0 aromatic heterocycles. The van der Waals surface area contributed by atoms with Crippen LogP contribution in [0, 0.1) is 0 Å². The smallest absolute Gasteiger partial charge is 0.200 e. The summed E-state index contributed by atoms with van der Waals surface area (Å²) < 4.78 is 17.3. The van der Waals surface area contributed by atoms with E-state index in [-0.39, 0.29) is 0 Å². The van der Waals surface area contributed by atoms with Crippen molar-refractivity contribution in [2.45, 2.75) is 65.3 Å². The molecule has 5 heteroatoms. The summed E-state index contributed by atoms with van der Waals surface area (Å²) in [6, 6.07) is 8.19. The van der Waals surface area contributed by atoms with Crippen molar-refractivity contribution in [2.24, 2.45) is 0 Å². The zero-order valence-corrected chi connectivity index (χ0v) is 16.9. The summed E-state index contributed by atoms with van der Waals surface area (Å²) in [5, 5.41) is 3.32. The second-order valence-corrected chi connectivity index (χ2v) is 9.45. The normalized spacial score (nSPS) is 13.6. The van der Waals surface area contributed by atoms with Crippen molar-refractivity contribution in [3.63, 3.8) is 0 Å². The SMILES string of the molecule is CCCCCCCCOc1ccc(CNCCCP(=O)(O)CC)cc1. The summed E-state index contributed by atoms with van der Waals surface area (Å²) in [6.45, 7) is 6.34. The fourth-order valence-electron chi connectivity index (χ4n) is 2.62. The van der Waals surface area contributed by atoms with Gasteiger partial charge in [0.25, 0.3) is 0 Å². The highest BCUT2D eigenvalue weighted by molar-refractivity contribution is 7.57. The van der Waals surface area contributed by atoms with Crippen LogP contribution in [0.1, 0.15) is 64.4 Å². The topological polar surface area (TPSA) is 58.6 Å². The van der Waals surface area contributed by atoms with Gasteiger partial charge in [0.2, 0.25) is 0 Å². The summed E-state index contributed by atoms with van der Waals surface area (Å²) >= 11 is 0. The van der Waals surface area contributed by atoms with E-state index in [0.717, 1.165) is 38.3 Å². The van der Waals surface area contributed by atoms with Gasteiger partial charge in [-0.1, -0.05) is 58.1 Å². The van der Waals surface area contributed by atoms with Crippen LogP contribution in [0.25, 0.3) is 0 Å². The Hall–Kier alpha value is -0.830. The summed E-state index contributed by atoms with van der Waals surface area (Å²) in [5.74, 6) is 0.932. The molecular formula is C20H36NO3P. The Morgan fingerprint density at radius 3 is 2.36 bits per heavy atom. The molecule has 0 saturated heterocycles. The van der Waals surface area contributed by atoms with E-state index < -0.39 is 7.37 Å². The van der Waals surface area contributed by atoms with E-state index in [4.69, 9.17) is 4.74 Å². The first-order chi connectivity index (χ1) is 12.1. The zero-order valence-electron chi connectivity index (χ0n) is 16.0. The Balaban J connectivity index is 2.10. The van der Waals surface area contributed by atoms with Crippen LogP contribution >= 0.6 is 7.37 Å². The molecule has 0 amide bonds. The van der Waals surface area contributed by atoms with Gasteiger partial charge in [-0.25, -0.2) is 0 Å². The lowest BCUT2D eigenvalue weighted by Crippen LogP contribution is -2.15. The molecule has 0 bridgehead atoms. The van der Waals surface area contributed by atoms with Crippen molar-refractivity contribution < 1.29 is 14.2 Å². The summed E-state index contributed by atoms with van der Waals surface area (Å²) in [7, 11) is -2.87. The number of rotatable bonds is 15. The third-order valence-electron chi connectivity index (χ3n) is 4.37. The van der Waals surface area contributed by atoms with E-state index in [2.05, 4.69) is 24.4 Å². The minimum absolute atomic E-state index is 0.368. The lowest BCUT2D eigenvalue weighted by Gasteiger charge is -2.10. The Morgan fingerprint density at radius 1 is 1.00 bits per heavy atom. The lowest BCUT2D eigenvalue weighted by atomic mass is 10.1. The van der Waals surface area contributed by atoms with E-state index in [9.17, 15) is 9.46 Å². The predicted octanol–water partition coefficient (Wildman–Crippen LogP) is 5.20. The second-order valence-electron chi connectivity index (χ2n) is 6.68. The molecule has 0 aliphatic heterocycles. The third-order valence-corrected chi connectivity index (χ3v) is 6.38. The van der Waals surface area contributed by atoms with Gasteiger partial charge in [-0.15, -0.1) is 0 Å². The molecule has 1 rings (SSSR count). The van der Waals surface area contributed by atoms with Gasteiger partial charge in [-0.2, -0.15) is 0 Å². The van der Waals surface area contributed by atoms with Crippen molar-refractivity contribution >= 4 is 7.37 Å². The first-order valence-electron chi connectivity index (χ1n) is 9.80. The van der Waals surface area contributed by atoms with Gasteiger partial charge in [0.05, 0.1) is 6.61 Å². The number of benzene rings is 1. The van der Waals surface area contributed by atoms with Gasteiger partial charge in [0.15, 0.2) is 7.37 Å². The van der Waals surface area contributed by atoms with Crippen molar-refractivity contribution in [1.82, 2.24) is 5.32 Å². The van der Waals surface area contributed by atoms with Crippen LogP contribution in [0.4, 0.5) is 0 Å². The molecule has 0 radical (unpaired) electrons. The molecule has 4 nitrogen and oxygen atoms in total. The van der Waals surface area contributed by atoms with Crippen LogP contribution in [-0.4, -0.2) is 30.4 Å². The number of ether oxygens (including phenoxy) is 1. The van der Waals surface area contributed by atoms with E-state index in [1.165, 1.54) is 37.7 Å². The Labute approximate surface area is 153 Å². The molecule has 25 heavy (non-hydrogen) atoms. The average molecular weight is 369 g/mol. The molecule has 0 saturated carbocycles. The maximum Gasteiger partial charge on any atom is 0.200 e. The van der Waals surface area contributed by atoms with Gasteiger partial charge < -0.3 is 14.9 Å². The Bertz CT molecular complexity index is 490. The number of unbranched alkanes of at least 4 members (excludes halogenated alkanes) is 5. The largest absolute Gasteiger partial charge is 0.494 e. The van der Waals surface area contributed by atoms with Gasteiger partial charge in [-0.05, 0) is 37.1 Å². The van der Waals surface area contributed by atoms with Crippen LogP contribution in [-0.2, 0) is 11.1 Å². The molecule has 0 heterocycles. The van der Waals surface area contributed by atoms with Crippen molar-refractivity contribution in [3.05, 3.63) is 29.8 Å². The molecule has 144 valence electrons. The third kappa shape index (κ3) is 11.4. The van der Waals surface area contributed by atoms with Gasteiger partial charge >= 0.3 is 0 Å². The van der Waals surface area contributed by atoms with Crippen LogP contribution in [0.15, 0.2) is 24.3 Å². The number of nitrogens with one attached hydrogen (secondary N) is 1. The highest BCUT2D eigenvalue weighted by Gasteiger charge is 2.13. The highest BCUT2D eigenvalue weighted by Crippen LogP contribution is 2.39. The Kier molecular flexibility index (Phi) is 11.9. The molecule has 1 atom stereocenters. The molecular weight excluding hydrogens is 333 g/mol. The van der Waals surface area contributed by atoms with Crippen LogP contribution < -0.4 is 10.1 Å². The second kappa shape index (κ2) is 13.4. The van der Waals surface area contributed by atoms with Crippen molar-refractivity contribution in [2.75, 3.05) is 25.5 Å². The van der Waals surface area contributed by atoms with Crippen LogP contribution in [0.2, 0.25) is 0 Å². The molecule has 0 spiro atoms. The van der Waals surface area contributed by atoms with Crippen LogP contribution in [0.3, 0.4) is 0 Å². The van der Waals surface area contributed by atoms with Gasteiger partial charge in [0.1, 0.15) is 5.75 Å². The lowest BCUT2D eigenvalue weighted by molar-refractivity contribution is 0.304. The van der Waals surface area contributed by atoms with E-state index >= 15 is 0 Å². The summed E-state index contributed by atoms with van der Waals surface area (Å²) in [5.41, 5.74) is 1.20. The number of hydrogen-bond acceptors (Lipinski definition) is 3. The number of hydrogen-bond donors (Lipinski definition) is 2. The van der Waals surface area contributed by atoms with E-state index in [1.54, 1.807) is 6.92 Å². The molecule has 0 aliphatic carbocycles. The fourth-order valence-corrected chi connectivity index (χ4v) is 3.59. The summed E-state index contributed by atoms with van der Waals surface area (Å²) in [6.07, 6.45) is 9.17. The monoisotopic (exact) mass is 369 g/mol. The molecule has 0 fully saturated rings. The quantitative estimate of drug-likeness (QED) is 0.330. The van der Waals surface area contributed by atoms with Gasteiger partial charge in [0, 0.05) is 18.9 Å². The standard InChI is InChI=1S/C20H36NO3P/c1-3-5-6-7-8-9-16-24-20-13-11-19(12-14-20)18-21-15-10-17-25(22,23)4-2/h11-14,21H,3-10,15-18H2,1-2H3,(H,22,23). The average Bonchev–Trinajstić information content (AvgIpc) is 2.62. The maximum absolute atomic E-state index is 11.5. The van der Waals surface area contributed by atoms with E-state index in [0.29, 0.717) is 12.3 Å². The predicted molar refractivity (Wildman–Crippen MR) is 107 cm³/mol. The van der Waals surface area contributed by atoms with E-state index in [1.807, 2.05) is 12.1 Å². The Morgan fingerprint density at radius 2 is 1.68 bits per heavy atom. The first-order valence-corrected chi connectivity index (χ1v) is 11.8. The summed E-state index contributed by atoms with van der Waals surface area (Å²) in [4.78, 5) is 9.53. The molecule has 1 aromatic carbocycles. The minimum atomic E-state index is -2.87. The van der Waals surface area contributed by atoms with Crippen molar-refractivity contribution in [1.29, 1.82) is 0 Å². The first kappa shape index (κ1) is 22.2. The zero-order chi connectivity index (χ0) is 18.4.